The third-order valence-electron chi connectivity index (χ3n) is 5.01. The van der Waals surface area contributed by atoms with Crippen molar-refractivity contribution in [3.63, 3.8) is 0 Å². The van der Waals surface area contributed by atoms with E-state index in [-0.39, 0.29) is 0 Å². The lowest BCUT2D eigenvalue weighted by Gasteiger charge is -2.23. The van der Waals surface area contributed by atoms with E-state index in [1.807, 2.05) is 11.7 Å². The largest absolute Gasteiger partial charge is 0.305 e. The van der Waals surface area contributed by atoms with Crippen molar-refractivity contribution >= 4 is 22.1 Å². The Labute approximate surface area is 153 Å². The van der Waals surface area contributed by atoms with Crippen molar-refractivity contribution in [3.05, 3.63) is 58.8 Å². The van der Waals surface area contributed by atoms with Gasteiger partial charge in [0, 0.05) is 55.9 Å². The van der Waals surface area contributed by atoms with Crippen LogP contribution >= 0.6 is 11.3 Å². The Kier molecular flexibility index (Phi) is 5.06. The van der Waals surface area contributed by atoms with E-state index >= 15 is 0 Å². The van der Waals surface area contributed by atoms with E-state index in [9.17, 15) is 0 Å². The normalized spacial score (nSPS) is 20.0. The lowest BCUT2D eigenvalue weighted by atomic mass is 9.96. The molecule has 1 atom stereocenters. The van der Waals surface area contributed by atoms with E-state index in [1.54, 1.807) is 11.3 Å². The van der Waals surface area contributed by atoms with Gasteiger partial charge in [-0.2, -0.15) is 0 Å². The van der Waals surface area contributed by atoms with Gasteiger partial charge in [0.2, 0.25) is 0 Å². The van der Waals surface area contributed by atoms with Crippen molar-refractivity contribution < 1.29 is 0 Å². The molecule has 2 aromatic heterocycles. The fourth-order valence-corrected chi connectivity index (χ4v) is 4.38. The molecule has 3 aromatic rings. The second-order valence-electron chi connectivity index (χ2n) is 7.07. The van der Waals surface area contributed by atoms with Crippen molar-refractivity contribution in [2.45, 2.75) is 13.0 Å². The zero-order chi connectivity index (χ0) is 17.1. The molecule has 4 nitrogen and oxygen atoms in total. The summed E-state index contributed by atoms with van der Waals surface area (Å²) in [5.74, 6) is 0.610. The Balaban J connectivity index is 1.53. The van der Waals surface area contributed by atoms with Gasteiger partial charge in [-0.25, -0.2) is 4.98 Å². The van der Waals surface area contributed by atoms with E-state index in [4.69, 9.17) is 0 Å². The SMILES string of the molecule is CN1CCN(Cc2cscn2)CC(Cc2cncc3ccccc23)C1. The molecule has 0 N–H and O–H groups in total. The van der Waals surface area contributed by atoms with E-state index in [0.29, 0.717) is 5.92 Å². The molecule has 0 amide bonds. The fraction of sp³-hybridized carbons (Fsp3) is 0.400. The fourth-order valence-electron chi connectivity index (χ4n) is 3.83. The van der Waals surface area contributed by atoms with Gasteiger partial charge < -0.3 is 4.90 Å². The molecule has 25 heavy (non-hydrogen) atoms. The molecule has 0 bridgehead atoms. The summed E-state index contributed by atoms with van der Waals surface area (Å²) in [6, 6.07) is 8.59. The van der Waals surface area contributed by atoms with Crippen molar-refractivity contribution in [1.29, 1.82) is 0 Å². The first-order valence-electron chi connectivity index (χ1n) is 8.87. The molecule has 130 valence electrons. The van der Waals surface area contributed by atoms with Gasteiger partial charge in [-0.3, -0.25) is 9.88 Å². The van der Waals surface area contributed by atoms with Gasteiger partial charge in [-0.05, 0) is 30.3 Å². The minimum Gasteiger partial charge on any atom is -0.305 e. The summed E-state index contributed by atoms with van der Waals surface area (Å²) < 4.78 is 0. The molecule has 4 rings (SSSR count). The number of rotatable bonds is 4. The highest BCUT2D eigenvalue weighted by Crippen LogP contribution is 2.22. The topological polar surface area (TPSA) is 32.3 Å². The second kappa shape index (κ2) is 7.60. The van der Waals surface area contributed by atoms with E-state index in [1.165, 1.54) is 22.0 Å². The zero-order valence-electron chi connectivity index (χ0n) is 14.6. The molecule has 1 saturated heterocycles. The summed E-state index contributed by atoms with van der Waals surface area (Å²) in [5, 5.41) is 4.75. The van der Waals surface area contributed by atoms with Crippen LogP contribution in [0.3, 0.4) is 0 Å². The summed E-state index contributed by atoms with van der Waals surface area (Å²) in [6.45, 7) is 5.44. The summed E-state index contributed by atoms with van der Waals surface area (Å²) in [5.41, 5.74) is 4.49. The number of hydrogen-bond donors (Lipinski definition) is 0. The van der Waals surface area contributed by atoms with E-state index in [0.717, 1.165) is 39.1 Å². The average molecular weight is 353 g/mol. The number of pyridine rings is 1. The van der Waals surface area contributed by atoms with Crippen molar-refractivity contribution in [2.24, 2.45) is 5.92 Å². The van der Waals surface area contributed by atoms with Gasteiger partial charge >= 0.3 is 0 Å². The Morgan fingerprint density at radius 1 is 1.16 bits per heavy atom. The lowest BCUT2D eigenvalue weighted by Crippen LogP contribution is -2.30. The molecular formula is C20H24N4S. The number of hydrogen-bond acceptors (Lipinski definition) is 5. The van der Waals surface area contributed by atoms with Gasteiger partial charge in [-0.15, -0.1) is 11.3 Å². The quantitative estimate of drug-likeness (QED) is 0.721. The second-order valence-corrected chi connectivity index (χ2v) is 7.79. The maximum atomic E-state index is 4.46. The van der Waals surface area contributed by atoms with Crippen molar-refractivity contribution in [2.75, 3.05) is 33.2 Å². The van der Waals surface area contributed by atoms with Crippen LogP contribution in [0, 0.1) is 5.92 Å². The predicted octanol–water partition coefficient (Wildman–Crippen LogP) is 3.30. The van der Waals surface area contributed by atoms with E-state index in [2.05, 4.69) is 62.7 Å². The molecule has 0 aliphatic carbocycles. The zero-order valence-corrected chi connectivity index (χ0v) is 15.5. The van der Waals surface area contributed by atoms with Crippen LogP contribution in [0.4, 0.5) is 0 Å². The first-order chi connectivity index (χ1) is 12.3. The van der Waals surface area contributed by atoms with E-state index < -0.39 is 0 Å². The highest BCUT2D eigenvalue weighted by Gasteiger charge is 2.22. The number of benzene rings is 1. The lowest BCUT2D eigenvalue weighted by molar-refractivity contribution is 0.247. The highest BCUT2D eigenvalue weighted by molar-refractivity contribution is 7.07. The molecule has 1 unspecified atom stereocenters. The van der Waals surface area contributed by atoms with Crippen molar-refractivity contribution in [3.8, 4) is 0 Å². The maximum Gasteiger partial charge on any atom is 0.0795 e. The summed E-state index contributed by atoms with van der Waals surface area (Å²) in [7, 11) is 2.24. The van der Waals surface area contributed by atoms with Gasteiger partial charge in [0.05, 0.1) is 11.2 Å². The highest BCUT2D eigenvalue weighted by atomic mass is 32.1. The number of thiazole rings is 1. The first kappa shape index (κ1) is 16.6. The molecule has 1 fully saturated rings. The predicted molar refractivity (Wildman–Crippen MR) is 104 cm³/mol. The first-order valence-corrected chi connectivity index (χ1v) is 9.82. The maximum absolute atomic E-state index is 4.46. The minimum absolute atomic E-state index is 0.610. The standard InChI is InChI=1S/C20H24N4S/c1-23-6-7-24(13-19-14-25-15-22-19)12-16(11-23)8-18-10-21-9-17-4-2-3-5-20(17)18/h2-5,9-10,14-16H,6-8,11-13H2,1H3. The molecule has 3 heterocycles. The Morgan fingerprint density at radius 2 is 2.08 bits per heavy atom. The van der Waals surface area contributed by atoms with Crippen LogP contribution in [0.2, 0.25) is 0 Å². The van der Waals surface area contributed by atoms with Gasteiger partial charge in [0.25, 0.3) is 0 Å². The van der Waals surface area contributed by atoms with Crippen LogP contribution in [0.15, 0.2) is 47.5 Å². The third kappa shape index (κ3) is 4.06. The van der Waals surface area contributed by atoms with Crippen LogP contribution in [-0.2, 0) is 13.0 Å². The minimum atomic E-state index is 0.610. The Hall–Kier alpha value is -1.82. The number of fused-ring (bicyclic) bond motifs is 1. The molecule has 5 heteroatoms. The molecular weight excluding hydrogens is 328 g/mol. The van der Waals surface area contributed by atoms with Crippen molar-refractivity contribution in [1.82, 2.24) is 19.8 Å². The Morgan fingerprint density at radius 3 is 2.96 bits per heavy atom. The van der Waals surface area contributed by atoms with Gasteiger partial charge in [-0.1, -0.05) is 24.3 Å². The van der Waals surface area contributed by atoms with Crippen LogP contribution in [0.1, 0.15) is 11.3 Å². The third-order valence-corrected chi connectivity index (χ3v) is 5.65. The molecule has 1 aliphatic rings. The molecule has 0 radical (unpaired) electrons. The summed E-state index contributed by atoms with van der Waals surface area (Å²) >= 11 is 1.68. The average Bonchev–Trinajstić information content (AvgIpc) is 3.06. The summed E-state index contributed by atoms with van der Waals surface area (Å²) in [4.78, 5) is 13.9. The molecule has 0 spiro atoms. The van der Waals surface area contributed by atoms with Crippen LogP contribution in [-0.4, -0.2) is 53.0 Å². The van der Waals surface area contributed by atoms with Crippen LogP contribution in [0.5, 0.6) is 0 Å². The molecule has 1 aromatic carbocycles. The number of nitrogens with zero attached hydrogens (tertiary/aromatic N) is 4. The number of likely N-dealkylation sites (N-methyl/N-ethyl adjacent to an activating group) is 1. The number of aromatic nitrogens is 2. The van der Waals surface area contributed by atoms with Gasteiger partial charge in [0.15, 0.2) is 0 Å². The molecule has 0 saturated carbocycles. The molecule has 1 aliphatic heterocycles. The smallest absolute Gasteiger partial charge is 0.0795 e. The Bertz CT molecular complexity index is 812. The van der Waals surface area contributed by atoms with Crippen LogP contribution in [0.25, 0.3) is 10.8 Å². The van der Waals surface area contributed by atoms with Gasteiger partial charge in [0.1, 0.15) is 0 Å². The monoisotopic (exact) mass is 352 g/mol. The summed E-state index contributed by atoms with van der Waals surface area (Å²) in [6.07, 6.45) is 5.09. The van der Waals surface area contributed by atoms with Crippen LogP contribution < -0.4 is 0 Å².